The van der Waals surface area contributed by atoms with E-state index in [9.17, 15) is 14.4 Å². The van der Waals surface area contributed by atoms with Crippen LogP contribution in [0.15, 0.2) is 158 Å². The van der Waals surface area contributed by atoms with Gasteiger partial charge in [-0.15, -0.1) is 0 Å². The van der Waals surface area contributed by atoms with E-state index in [1.54, 1.807) is 0 Å². The van der Waals surface area contributed by atoms with Crippen molar-refractivity contribution in [3.05, 3.63) is 158 Å². The maximum atomic E-state index is 12.9. The zero-order valence-electron chi connectivity index (χ0n) is 49.4. The van der Waals surface area contributed by atoms with Crippen LogP contribution in [-0.2, 0) is 28.6 Å². The number of esters is 3. The molecule has 0 aromatic carbocycles. The van der Waals surface area contributed by atoms with E-state index in [1.807, 2.05) is 12.2 Å². The lowest BCUT2D eigenvalue weighted by Gasteiger charge is -2.18. The lowest BCUT2D eigenvalue weighted by Crippen LogP contribution is -2.30. The van der Waals surface area contributed by atoms with Gasteiger partial charge in [-0.1, -0.05) is 256 Å². The SMILES string of the molecule is CC/C=C\C/C=C\C/C=C\C/C=C\C/C=C\C/C=C\CCCCCCCCC(=O)OCC(COC(=O)CCCCCCC/C=C\CCCCCCCC)OC(=O)CC/C=C\C/C=C\C/C=C\C/C=C\C/C=C\C/C=C\CC. The van der Waals surface area contributed by atoms with Gasteiger partial charge in [0.05, 0.1) is 0 Å². The number of allylic oxidation sites excluding steroid dienone is 26. The van der Waals surface area contributed by atoms with Crippen molar-refractivity contribution >= 4 is 17.9 Å². The third-order valence-corrected chi connectivity index (χ3v) is 12.5. The molecule has 0 rings (SSSR count). The third-order valence-electron chi connectivity index (χ3n) is 12.5. The van der Waals surface area contributed by atoms with Crippen molar-refractivity contribution < 1.29 is 28.6 Å². The Morgan fingerprint density at radius 2 is 0.532 bits per heavy atom. The molecule has 0 spiro atoms. The smallest absolute Gasteiger partial charge is 0.306 e. The number of ether oxygens (including phenoxy) is 3. The van der Waals surface area contributed by atoms with Crippen molar-refractivity contribution in [2.45, 2.75) is 258 Å². The summed E-state index contributed by atoms with van der Waals surface area (Å²) in [5.74, 6) is -1.04. The van der Waals surface area contributed by atoms with Crippen LogP contribution < -0.4 is 0 Å². The molecule has 6 heteroatoms. The second-order valence-corrected chi connectivity index (χ2v) is 19.8. The normalized spacial score (nSPS) is 13.2. The van der Waals surface area contributed by atoms with Crippen LogP contribution >= 0.6 is 0 Å². The number of carbonyl (C=O) groups is 3. The summed E-state index contributed by atoms with van der Waals surface area (Å²) < 4.78 is 16.8. The summed E-state index contributed by atoms with van der Waals surface area (Å²) >= 11 is 0. The van der Waals surface area contributed by atoms with Crippen molar-refractivity contribution in [3.63, 3.8) is 0 Å². The number of unbranched alkanes of at least 4 members (excludes halogenated alkanes) is 17. The molecule has 0 aliphatic carbocycles. The van der Waals surface area contributed by atoms with Crippen molar-refractivity contribution in [3.8, 4) is 0 Å². The van der Waals surface area contributed by atoms with Crippen molar-refractivity contribution in [1.29, 1.82) is 0 Å². The molecule has 432 valence electrons. The summed E-state index contributed by atoms with van der Waals surface area (Å²) in [5, 5.41) is 0. The van der Waals surface area contributed by atoms with Crippen LogP contribution in [0.4, 0.5) is 0 Å². The van der Waals surface area contributed by atoms with E-state index in [1.165, 1.54) is 64.2 Å². The zero-order chi connectivity index (χ0) is 55.7. The fraction of sp³-hybridized carbons (Fsp3) is 0.592. The van der Waals surface area contributed by atoms with Gasteiger partial charge in [-0.25, -0.2) is 0 Å². The van der Waals surface area contributed by atoms with Gasteiger partial charge < -0.3 is 14.2 Å². The van der Waals surface area contributed by atoms with E-state index >= 15 is 0 Å². The van der Waals surface area contributed by atoms with Crippen LogP contribution in [0.25, 0.3) is 0 Å². The summed E-state index contributed by atoms with van der Waals surface area (Å²) in [6.45, 7) is 6.32. The molecule has 0 aromatic rings. The maximum absolute atomic E-state index is 12.9. The fourth-order valence-electron chi connectivity index (χ4n) is 7.94. The number of hydrogen-bond acceptors (Lipinski definition) is 6. The number of hydrogen-bond donors (Lipinski definition) is 0. The summed E-state index contributed by atoms with van der Waals surface area (Å²) in [7, 11) is 0. The van der Waals surface area contributed by atoms with Gasteiger partial charge in [0.25, 0.3) is 0 Å². The molecular weight excluding hydrogens is 949 g/mol. The van der Waals surface area contributed by atoms with E-state index in [2.05, 4.69) is 167 Å². The fourth-order valence-corrected chi connectivity index (χ4v) is 7.94. The first-order valence-electron chi connectivity index (χ1n) is 31.0. The van der Waals surface area contributed by atoms with Gasteiger partial charge in [0.2, 0.25) is 0 Å². The standard InChI is InChI=1S/C71H112O6/c1-4-7-10-13-16-19-22-25-28-30-32-33-34-35-36-37-39-40-43-46-49-52-55-58-61-64-70(73)76-67-68(66-75-69(72)63-60-57-54-51-48-45-42-27-24-21-18-15-12-9-6-3)77-71(74)65-62-59-56-53-50-47-44-41-38-31-29-26-23-20-17-14-11-8-5-2/h7-8,10-11,16-17,19-20,25-29,32-33,35-36,38-42,47,50,56,59,68H,4-6,9,12-15,18,21-24,30-31,34,37,43-46,48-49,51-55,57-58,60-67H2,1-3H3/b10-7-,11-8-,19-16-,20-17-,28-25-,29-26-,33-32-,36-35-,40-39-,41-38-,42-27-,50-47-,59-56-. The molecule has 77 heavy (non-hydrogen) atoms. The van der Waals surface area contributed by atoms with Gasteiger partial charge in [0.1, 0.15) is 13.2 Å². The number of carbonyl (C=O) groups excluding carboxylic acids is 3. The molecule has 1 unspecified atom stereocenters. The van der Waals surface area contributed by atoms with Crippen molar-refractivity contribution in [1.82, 2.24) is 0 Å². The van der Waals surface area contributed by atoms with Gasteiger partial charge in [0.15, 0.2) is 6.10 Å². The highest BCUT2D eigenvalue weighted by molar-refractivity contribution is 5.71. The van der Waals surface area contributed by atoms with E-state index in [4.69, 9.17) is 14.2 Å². The molecule has 0 aromatic heterocycles. The second kappa shape index (κ2) is 63.6. The highest BCUT2D eigenvalue weighted by Crippen LogP contribution is 2.13. The molecular formula is C71H112O6. The van der Waals surface area contributed by atoms with Gasteiger partial charge in [-0.3, -0.25) is 14.4 Å². The molecule has 0 fully saturated rings. The van der Waals surface area contributed by atoms with Crippen LogP contribution in [-0.4, -0.2) is 37.2 Å². The Bertz CT molecular complexity index is 1740. The summed E-state index contributed by atoms with van der Waals surface area (Å²) in [6, 6.07) is 0. The maximum Gasteiger partial charge on any atom is 0.306 e. The molecule has 0 saturated heterocycles. The Morgan fingerprint density at radius 1 is 0.273 bits per heavy atom. The first kappa shape index (κ1) is 72.0. The van der Waals surface area contributed by atoms with E-state index in [0.29, 0.717) is 19.3 Å². The highest BCUT2D eigenvalue weighted by atomic mass is 16.6. The van der Waals surface area contributed by atoms with Gasteiger partial charge in [-0.2, -0.15) is 0 Å². The second-order valence-electron chi connectivity index (χ2n) is 19.8. The minimum absolute atomic E-state index is 0.124. The van der Waals surface area contributed by atoms with Crippen LogP contribution in [0.5, 0.6) is 0 Å². The van der Waals surface area contributed by atoms with E-state index < -0.39 is 12.1 Å². The summed E-state index contributed by atoms with van der Waals surface area (Å²) in [6.07, 6.45) is 92.5. The predicted octanol–water partition coefficient (Wildman–Crippen LogP) is 21.3. The minimum Gasteiger partial charge on any atom is -0.462 e. The Balaban J connectivity index is 4.53. The Morgan fingerprint density at radius 3 is 0.857 bits per heavy atom. The van der Waals surface area contributed by atoms with Crippen LogP contribution in [0.1, 0.15) is 252 Å². The summed E-state index contributed by atoms with van der Waals surface area (Å²) in [4.78, 5) is 38.3. The highest BCUT2D eigenvalue weighted by Gasteiger charge is 2.19. The van der Waals surface area contributed by atoms with Crippen LogP contribution in [0.3, 0.4) is 0 Å². The lowest BCUT2D eigenvalue weighted by atomic mass is 10.1. The van der Waals surface area contributed by atoms with Gasteiger partial charge in [0, 0.05) is 19.3 Å². The Kier molecular flexibility index (Phi) is 59.5. The van der Waals surface area contributed by atoms with Crippen molar-refractivity contribution in [2.75, 3.05) is 13.2 Å². The third kappa shape index (κ3) is 61.8. The quantitative estimate of drug-likeness (QED) is 0.0261. The molecule has 6 nitrogen and oxygen atoms in total. The molecule has 0 aliphatic heterocycles. The monoisotopic (exact) mass is 1060 g/mol. The topological polar surface area (TPSA) is 78.9 Å². The first-order chi connectivity index (χ1) is 38.0. The van der Waals surface area contributed by atoms with Crippen LogP contribution in [0, 0.1) is 0 Å². The minimum atomic E-state index is -0.837. The molecule has 0 N–H and O–H groups in total. The lowest BCUT2D eigenvalue weighted by molar-refractivity contribution is -0.166. The Labute approximate surface area is 473 Å². The molecule has 0 heterocycles. The predicted molar refractivity (Wildman–Crippen MR) is 334 cm³/mol. The Hall–Kier alpha value is -4.97. The zero-order valence-corrected chi connectivity index (χ0v) is 49.4. The average molecular weight is 1060 g/mol. The van der Waals surface area contributed by atoms with E-state index in [0.717, 1.165) is 141 Å². The summed E-state index contributed by atoms with van der Waals surface area (Å²) in [5.41, 5.74) is 0. The van der Waals surface area contributed by atoms with E-state index in [-0.39, 0.29) is 31.6 Å². The van der Waals surface area contributed by atoms with Crippen molar-refractivity contribution in [2.24, 2.45) is 0 Å². The van der Waals surface area contributed by atoms with Gasteiger partial charge in [-0.05, 0) is 135 Å². The largest absolute Gasteiger partial charge is 0.462 e. The van der Waals surface area contributed by atoms with Crippen LogP contribution in [0.2, 0.25) is 0 Å². The molecule has 0 amide bonds. The molecule has 0 saturated carbocycles. The molecule has 0 bridgehead atoms. The molecule has 0 aliphatic rings. The number of rotatable bonds is 54. The first-order valence-corrected chi connectivity index (χ1v) is 31.0. The molecule has 0 radical (unpaired) electrons. The average Bonchev–Trinajstić information content (AvgIpc) is 3.43. The molecule has 1 atom stereocenters. The van der Waals surface area contributed by atoms with Gasteiger partial charge >= 0.3 is 17.9 Å².